The molecule has 2 aromatic rings. The van der Waals surface area contributed by atoms with Crippen molar-refractivity contribution >= 4 is 5.69 Å². The number of benzene rings is 1. The monoisotopic (exact) mass is 203 g/mol. The molecule has 0 spiro atoms. The van der Waals surface area contributed by atoms with E-state index in [0.29, 0.717) is 11.8 Å². The van der Waals surface area contributed by atoms with Crippen molar-refractivity contribution in [2.24, 2.45) is 0 Å². The maximum Gasteiger partial charge on any atom is 0.216 e. The molecule has 2 rings (SSSR count). The van der Waals surface area contributed by atoms with Gasteiger partial charge in [-0.05, 0) is 24.1 Å². The van der Waals surface area contributed by atoms with Crippen molar-refractivity contribution in [2.45, 2.75) is 19.8 Å². The van der Waals surface area contributed by atoms with E-state index >= 15 is 0 Å². The smallest absolute Gasteiger partial charge is 0.216 e. The molecule has 0 saturated carbocycles. The number of nitrogens with two attached hydrogens (primary N) is 1. The second-order valence-corrected chi connectivity index (χ2v) is 3.46. The molecule has 0 aliphatic carbocycles. The van der Waals surface area contributed by atoms with E-state index in [-0.39, 0.29) is 0 Å². The van der Waals surface area contributed by atoms with Crippen LogP contribution in [0.4, 0.5) is 5.69 Å². The molecule has 0 unspecified atom stereocenters. The standard InChI is InChI=1S/C11H13N3O/c1-8-13-14-11(15-8)6-5-9-3-2-4-10(12)7-9/h2-4,7H,5-6,12H2,1H3. The summed E-state index contributed by atoms with van der Waals surface area (Å²) in [5.74, 6) is 1.28. The highest BCUT2D eigenvalue weighted by molar-refractivity contribution is 5.40. The molecule has 4 heteroatoms. The van der Waals surface area contributed by atoms with E-state index in [9.17, 15) is 0 Å². The number of rotatable bonds is 3. The highest BCUT2D eigenvalue weighted by Gasteiger charge is 2.02. The van der Waals surface area contributed by atoms with Gasteiger partial charge in [0.05, 0.1) is 0 Å². The number of aromatic nitrogens is 2. The van der Waals surface area contributed by atoms with Gasteiger partial charge in [-0.2, -0.15) is 0 Å². The Morgan fingerprint density at radius 2 is 2.13 bits per heavy atom. The summed E-state index contributed by atoms with van der Waals surface area (Å²) in [6, 6.07) is 7.83. The van der Waals surface area contributed by atoms with Crippen molar-refractivity contribution in [1.82, 2.24) is 10.2 Å². The molecule has 0 fully saturated rings. The lowest BCUT2D eigenvalue weighted by molar-refractivity contribution is 0.467. The summed E-state index contributed by atoms with van der Waals surface area (Å²) in [4.78, 5) is 0. The Morgan fingerprint density at radius 3 is 2.80 bits per heavy atom. The molecular weight excluding hydrogens is 190 g/mol. The van der Waals surface area contributed by atoms with Crippen LogP contribution < -0.4 is 5.73 Å². The third-order valence-corrected chi connectivity index (χ3v) is 2.15. The fraction of sp³-hybridized carbons (Fsp3) is 0.273. The molecule has 78 valence electrons. The van der Waals surface area contributed by atoms with Crippen LogP contribution in [0.25, 0.3) is 0 Å². The zero-order valence-corrected chi connectivity index (χ0v) is 8.60. The van der Waals surface area contributed by atoms with E-state index in [1.807, 2.05) is 24.3 Å². The van der Waals surface area contributed by atoms with Crippen LogP contribution in [0.3, 0.4) is 0 Å². The van der Waals surface area contributed by atoms with Crippen LogP contribution in [0.2, 0.25) is 0 Å². The van der Waals surface area contributed by atoms with Gasteiger partial charge in [-0.15, -0.1) is 10.2 Å². The summed E-state index contributed by atoms with van der Waals surface area (Å²) in [5.41, 5.74) is 7.65. The first kappa shape index (κ1) is 9.71. The Hall–Kier alpha value is -1.84. The van der Waals surface area contributed by atoms with Crippen molar-refractivity contribution in [3.8, 4) is 0 Å². The lowest BCUT2D eigenvalue weighted by atomic mass is 10.1. The van der Waals surface area contributed by atoms with Crippen LogP contribution >= 0.6 is 0 Å². The topological polar surface area (TPSA) is 64.9 Å². The fourth-order valence-corrected chi connectivity index (χ4v) is 1.44. The minimum atomic E-state index is 0.609. The van der Waals surface area contributed by atoms with Crippen LogP contribution in [0.5, 0.6) is 0 Å². The second-order valence-electron chi connectivity index (χ2n) is 3.46. The molecule has 0 radical (unpaired) electrons. The summed E-state index contributed by atoms with van der Waals surface area (Å²) in [7, 11) is 0. The number of nitrogens with zero attached hydrogens (tertiary/aromatic N) is 2. The van der Waals surface area contributed by atoms with Gasteiger partial charge in [0.2, 0.25) is 11.8 Å². The van der Waals surface area contributed by atoms with Crippen LogP contribution in [0.15, 0.2) is 28.7 Å². The first-order valence-corrected chi connectivity index (χ1v) is 4.87. The number of hydrogen-bond acceptors (Lipinski definition) is 4. The third-order valence-electron chi connectivity index (χ3n) is 2.15. The normalized spacial score (nSPS) is 10.5. The van der Waals surface area contributed by atoms with Crippen LogP contribution in [-0.4, -0.2) is 10.2 Å². The first-order valence-electron chi connectivity index (χ1n) is 4.87. The van der Waals surface area contributed by atoms with Crippen molar-refractivity contribution in [3.63, 3.8) is 0 Å². The molecule has 0 aliphatic rings. The van der Waals surface area contributed by atoms with E-state index in [2.05, 4.69) is 10.2 Å². The largest absolute Gasteiger partial charge is 0.426 e. The number of hydrogen-bond donors (Lipinski definition) is 1. The van der Waals surface area contributed by atoms with Gasteiger partial charge in [0.15, 0.2) is 0 Å². The van der Waals surface area contributed by atoms with E-state index in [0.717, 1.165) is 18.5 Å². The van der Waals surface area contributed by atoms with Gasteiger partial charge < -0.3 is 10.2 Å². The average molecular weight is 203 g/mol. The van der Waals surface area contributed by atoms with Crippen molar-refractivity contribution in [1.29, 1.82) is 0 Å². The van der Waals surface area contributed by atoms with Gasteiger partial charge in [-0.25, -0.2) is 0 Å². The Balaban J connectivity index is 1.99. The van der Waals surface area contributed by atoms with Gasteiger partial charge in [0, 0.05) is 19.0 Å². The Kier molecular flexibility index (Phi) is 2.67. The molecular formula is C11H13N3O. The predicted molar refractivity (Wildman–Crippen MR) is 57.3 cm³/mol. The zero-order chi connectivity index (χ0) is 10.7. The number of aryl methyl sites for hydroxylation is 3. The molecule has 4 nitrogen and oxygen atoms in total. The number of nitrogen functional groups attached to an aromatic ring is 1. The molecule has 0 saturated heterocycles. The number of anilines is 1. The van der Waals surface area contributed by atoms with Gasteiger partial charge in [-0.1, -0.05) is 12.1 Å². The van der Waals surface area contributed by atoms with Crippen LogP contribution in [-0.2, 0) is 12.8 Å². The maximum absolute atomic E-state index is 5.68. The second kappa shape index (κ2) is 4.13. The SMILES string of the molecule is Cc1nnc(CCc2cccc(N)c2)o1. The zero-order valence-electron chi connectivity index (χ0n) is 8.60. The van der Waals surface area contributed by atoms with E-state index in [1.54, 1.807) is 6.92 Å². The van der Waals surface area contributed by atoms with Crippen LogP contribution in [0.1, 0.15) is 17.3 Å². The Bertz CT molecular complexity index is 451. The van der Waals surface area contributed by atoms with Crippen molar-refractivity contribution < 1.29 is 4.42 Å². The minimum Gasteiger partial charge on any atom is -0.426 e. The lowest BCUT2D eigenvalue weighted by Crippen LogP contribution is -1.93. The first-order chi connectivity index (χ1) is 7.24. The Labute approximate surface area is 88.1 Å². The third kappa shape index (κ3) is 2.56. The van der Waals surface area contributed by atoms with E-state index in [1.165, 1.54) is 5.56 Å². The van der Waals surface area contributed by atoms with Gasteiger partial charge in [0.25, 0.3) is 0 Å². The Morgan fingerprint density at radius 1 is 1.27 bits per heavy atom. The molecule has 1 aromatic carbocycles. The summed E-state index contributed by atoms with van der Waals surface area (Å²) in [6.45, 7) is 1.79. The van der Waals surface area contributed by atoms with Gasteiger partial charge in [-0.3, -0.25) is 0 Å². The van der Waals surface area contributed by atoms with E-state index < -0.39 is 0 Å². The van der Waals surface area contributed by atoms with Crippen LogP contribution in [0, 0.1) is 6.92 Å². The average Bonchev–Trinajstić information content (AvgIpc) is 2.62. The molecule has 0 aliphatic heterocycles. The van der Waals surface area contributed by atoms with Crippen molar-refractivity contribution in [3.05, 3.63) is 41.6 Å². The maximum atomic E-state index is 5.68. The molecule has 2 N–H and O–H groups in total. The highest BCUT2D eigenvalue weighted by Crippen LogP contribution is 2.09. The van der Waals surface area contributed by atoms with Crippen molar-refractivity contribution in [2.75, 3.05) is 5.73 Å². The fourth-order valence-electron chi connectivity index (χ4n) is 1.44. The molecule has 0 amide bonds. The summed E-state index contributed by atoms with van der Waals surface area (Å²) < 4.78 is 5.28. The highest BCUT2D eigenvalue weighted by atomic mass is 16.4. The van der Waals surface area contributed by atoms with Gasteiger partial charge >= 0.3 is 0 Å². The predicted octanol–water partition coefficient (Wildman–Crippen LogP) is 1.75. The molecule has 1 heterocycles. The molecule has 0 atom stereocenters. The summed E-state index contributed by atoms with van der Waals surface area (Å²) >= 11 is 0. The van der Waals surface area contributed by atoms with E-state index in [4.69, 9.17) is 10.2 Å². The molecule has 0 bridgehead atoms. The summed E-state index contributed by atoms with van der Waals surface area (Å²) in [6.07, 6.45) is 1.62. The summed E-state index contributed by atoms with van der Waals surface area (Å²) in [5, 5.41) is 7.71. The molecule has 1 aromatic heterocycles. The lowest BCUT2D eigenvalue weighted by Gasteiger charge is -1.99. The van der Waals surface area contributed by atoms with Gasteiger partial charge in [0.1, 0.15) is 0 Å². The minimum absolute atomic E-state index is 0.609. The quantitative estimate of drug-likeness (QED) is 0.772. The molecule has 15 heavy (non-hydrogen) atoms.